The van der Waals surface area contributed by atoms with E-state index >= 15 is 0 Å². The van der Waals surface area contributed by atoms with Crippen LogP contribution in [0.4, 0.5) is 0 Å². The Labute approximate surface area is 148 Å². The lowest BCUT2D eigenvalue weighted by molar-refractivity contribution is 0.0953. The van der Waals surface area contributed by atoms with Gasteiger partial charge in [-0.1, -0.05) is 58.7 Å². The van der Waals surface area contributed by atoms with E-state index in [0.29, 0.717) is 40.3 Å². The number of hydrogen-bond acceptors (Lipinski definition) is 4. The number of halogens is 2. The molecule has 0 aliphatic rings. The van der Waals surface area contributed by atoms with E-state index in [1.54, 1.807) is 12.1 Å². The SMILES string of the molecule is O=C(NCCc1nc(-c2ccccc2)no1)c1ccc(Cl)cc1Cl. The lowest BCUT2D eigenvalue weighted by Gasteiger charge is -2.05. The summed E-state index contributed by atoms with van der Waals surface area (Å²) < 4.78 is 5.19. The van der Waals surface area contributed by atoms with Gasteiger partial charge in [0.15, 0.2) is 0 Å². The third-order valence-electron chi connectivity index (χ3n) is 3.30. The van der Waals surface area contributed by atoms with E-state index in [1.807, 2.05) is 30.3 Å². The third-order valence-corrected chi connectivity index (χ3v) is 3.85. The van der Waals surface area contributed by atoms with Gasteiger partial charge in [0.1, 0.15) is 0 Å². The molecule has 122 valence electrons. The summed E-state index contributed by atoms with van der Waals surface area (Å²) in [5, 5.41) is 7.49. The first-order chi connectivity index (χ1) is 11.6. The maximum absolute atomic E-state index is 12.1. The van der Waals surface area contributed by atoms with Crippen molar-refractivity contribution in [1.29, 1.82) is 0 Å². The van der Waals surface area contributed by atoms with E-state index in [-0.39, 0.29) is 5.91 Å². The summed E-state index contributed by atoms with van der Waals surface area (Å²) in [6.45, 7) is 0.355. The molecule has 0 bridgehead atoms. The van der Waals surface area contributed by atoms with Crippen molar-refractivity contribution in [1.82, 2.24) is 15.5 Å². The fourth-order valence-electron chi connectivity index (χ4n) is 2.11. The Morgan fingerprint density at radius 2 is 1.92 bits per heavy atom. The second-order valence-corrected chi connectivity index (χ2v) is 5.85. The van der Waals surface area contributed by atoms with Crippen molar-refractivity contribution in [3.63, 3.8) is 0 Å². The highest BCUT2D eigenvalue weighted by atomic mass is 35.5. The molecule has 2 aromatic carbocycles. The Morgan fingerprint density at radius 3 is 2.67 bits per heavy atom. The minimum Gasteiger partial charge on any atom is -0.351 e. The highest BCUT2D eigenvalue weighted by Crippen LogP contribution is 2.20. The lowest BCUT2D eigenvalue weighted by atomic mass is 10.2. The molecule has 0 fully saturated rings. The average molecular weight is 362 g/mol. The van der Waals surface area contributed by atoms with E-state index in [1.165, 1.54) is 6.07 Å². The zero-order valence-corrected chi connectivity index (χ0v) is 14.0. The standard InChI is InChI=1S/C17H13Cl2N3O2/c18-12-6-7-13(14(19)10-12)17(23)20-9-8-15-21-16(22-24-15)11-4-2-1-3-5-11/h1-7,10H,8-9H2,(H,20,23). The van der Waals surface area contributed by atoms with E-state index in [9.17, 15) is 4.79 Å². The summed E-state index contributed by atoms with van der Waals surface area (Å²) in [5.74, 6) is 0.702. The summed E-state index contributed by atoms with van der Waals surface area (Å²) in [5.41, 5.74) is 1.25. The molecular formula is C17H13Cl2N3O2. The maximum atomic E-state index is 12.1. The monoisotopic (exact) mass is 361 g/mol. The highest BCUT2D eigenvalue weighted by Gasteiger charge is 2.12. The van der Waals surface area contributed by atoms with Gasteiger partial charge in [0.2, 0.25) is 11.7 Å². The fraction of sp³-hybridized carbons (Fsp3) is 0.118. The van der Waals surface area contributed by atoms with Crippen LogP contribution in [0, 0.1) is 0 Å². The van der Waals surface area contributed by atoms with Crippen LogP contribution in [0.5, 0.6) is 0 Å². The predicted molar refractivity (Wildman–Crippen MR) is 92.2 cm³/mol. The minimum absolute atomic E-state index is 0.278. The Bertz CT molecular complexity index is 850. The molecule has 24 heavy (non-hydrogen) atoms. The zero-order valence-electron chi connectivity index (χ0n) is 12.5. The number of amides is 1. The largest absolute Gasteiger partial charge is 0.351 e. The normalized spacial score (nSPS) is 10.6. The Balaban J connectivity index is 1.57. The van der Waals surface area contributed by atoms with Crippen LogP contribution in [-0.4, -0.2) is 22.6 Å². The van der Waals surface area contributed by atoms with Gasteiger partial charge in [0, 0.05) is 23.6 Å². The minimum atomic E-state index is -0.278. The highest BCUT2D eigenvalue weighted by molar-refractivity contribution is 6.36. The Hall–Kier alpha value is -2.37. The Kier molecular flexibility index (Phi) is 5.13. The second-order valence-electron chi connectivity index (χ2n) is 5.01. The molecule has 0 saturated carbocycles. The topological polar surface area (TPSA) is 68.0 Å². The molecule has 5 nitrogen and oxygen atoms in total. The van der Waals surface area contributed by atoms with E-state index in [2.05, 4.69) is 15.5 Å². The van der Waals surface area contributed by atoms with Gasteiger partial charge < -0.3 is 9.84 Å². The van der Waals surface area contributed by atoms with E-state index in [4.69, 9.17) is 27.7 Å². The first-order valence-electron chi connectivity index (χ1n) is 7.25. The van der Waals surface area contributed by atoms with Gasteiger partial charge in [-0.2, -0.15) is 4.98 Å². The Morgan fingerprint density at radius 1 is 1.12 bits per heavy atom. The quantitative estimate of drug-likeness (QED) is 0.745. The number of nitrogens with one attached hydrogen (secondary N) is 1. The van der Waals surface area contributed by atoms with Crippen LogP contribution < -0.4 is 5.32 Å². The number of hydrogen-bond donors (Lipinski definition) is 1. The number of aromatic nitrogens is 2. The molecule has 0 saturated heterocycles. The van der Waals surface area contributed by atoms with Crippen molar-refractivity contribution < 1.29 is 9.32 Å². The number of nitrogens with zero attached hydrogens (tertiary/aromatic N) is 2. The molecule has 1 heterocycles. The number of carbonyl (C=O) groups is 1. The molecule has 0 unspecified atom stereocenters. The number of benzene rings is 2. The van der Waals surface area contributed by atoms with Gasteiger partial charge in [-0.3, -0.25) is 4.79 Å². The molecule has 1 N–H and O–H groups in total. The molecule has 1 amide bonds. The third kappa shape index (κ3) is 3.93. The van der Waals surface area contributed by atoms with Crippen LogP contribution in [0.15, 0.2) is 53.1 Å². The number of rotatable bonds is 5. The summed E-state index contributed by atoms with van der Waals surface area (Å²) in [7, 11) is 0. The van der Waals surface area contributed by atoms with Crippen LogP contribution in [0.2, 0.25) is 10.0 Å². The molecule has 3 rings (SSSR count). The molecule has 0 aliphatic carbocycles. The van der Waals surface area contributed by atoms with Crippen LogP contribution in [0.1, 0.15) is 16.2 Å². The summed E-state index contributed by atoms with van der Waals surface area (Å²) in [4.78, 5) is 16.4. The summed E-state index contributed by atoms with van der Waals surface area (Å²) in [6, 6.07) is 14.3. The van der Waals surface area contributed by atoms with Crippen LogP contribution in [0.3, 0.4) is 0 Å². The molecular weight excluding hydrogens is 349 g/mol. The van der Waals surface area contributed by atoms with Gasteiger partial charge in [0.05, 0.1) is 10.6 Å². The van der Waals surface area contributed by atoms with Crippen molar-refractivity contribution in [3.05, 3.63) is 70.0 Å². The smallest absolute Gasteiger partial charge is 0.252 e. The van der Waals surface area contributed by atoms with Crippen molar-refractivity contribution >= 4 is 29.1 Å². The lowest BCUT2D eigenvalue weighted by Crippen LogP contribution is -2.26. The molecule has 0 spiro atoms. The predicted octanol–water partition coefficient (Wildman–Crippen LogP) is 4.02. The van der Waals surface area contributed by atoms with Gasteiger partial charge in [-0.15, -0.1) is 0 Å². The van der Waals surface area contributed by atoms with E-state index in [0.717, 1.165) is 5.56 Å². The van der Waals surface area contributed by atoms with Crippen molar-refractivity contribution in [2.24, 2.45) is 0 Å². The summed E-state index contributed by atoms with van der Waals surface area (Å²) >= 11 is 11.8. The zero-order chi connectivity index (χ0) is 16.9. The average Bonchev–Trinajstić information content (AvgIpc) is 3.04. The maximum Gasteiger partial charge on any atom is 0.252 e. The number of carbonyl (C=O) groups excluding carboxylic acids is 1. The van der Waals surface area contributed by atoms with Gasteiger partial charge in [-0.05, 0) is 18.2 Å². The molecule has 3 aromatic rings. The molecule has 1 aromatic heterocycles. The first-order valence-corrected chi connectivity index (χ1v) is 8.00. The molecule has 0 radical (unpaired) electrons. The van der Waals surface area contributed by atoms with E-state index < -0.39 is 0 Å². The van der Waals surface area contributed by atoms with Crippen molar-refractivity contribution in [2.75, 3.05) is 6.54 Å². The molecule has 0 atom stereocenters. The van der Waals surface area contributed by atoms with Crippen molar-refractivity contribution in [3.8, 4) is 11.4 Å². The summed E-state index contributed by atoms with van der Waals surface area (Å²) in [6.07, 6.45) is 0.427. The van der Waals surface area contributed by atoms with Gasteiger partial charge in [0.25, 0.3) is 5.91 Å². The fourth-order valence-corrected chi connectivity index (χ4v) is 2.61. The molecule has 7 heteroatoms. The van der Waals surface area contributed by atoms with Crippen LogP contribution in [-0.2, 0) is 6.42 Å². The van der Waals surface area contributed by atoms with Gasteiger partial charge in [-0.25, -0.2) is 0 Å². The van der Waals surface area contributed by atoms with Gasteiger partial charge >= 0.3 is 0 Å². The van der Waals surface area contributed by atoms with Crippen molar-refractivity contribution in [2.45, 2.75) is 6.42 Å². The second kappa shape index (κ2) is 7.47. The van der Waals surface area contributed by atoms with Crippen LogP contribution >= 0.6 is 23.2 Å². The molecule has 0 aliphatic heterocycles. The first kappa shape index (κ1) is 16.5. The van der Waals surface area contributed by atoms with Crippen LogP contribution in [0.25, 0.3) is 11.4 Å².